The van der Waals surface area contributed by atoms with Crippen molar-refractivity contribution in [2.75, 3.05) is 26.8 Å². The van der Waals surface area contributed by atoms with Crippen LogP contribution in [-0.2, 0) is 4.74 Å². The van der Waals surface area contributed by atoms with Gasteiger partial charge in [-0.25, -0.2) is 8.78 Å². The second-order valence-corrected chi connectivity index (χ2v) is 2.43. The Kier molecular flexibility index (Phi) is 6.88. The highest BCUT2D eigenvalue weighted by Gasteiger charge is 2.01. The van der Waals surface area contributed by atoms with Crippen LogP contribution in [0.15, 0.2) is 0 Å². The van der Waals surface area contributed by atoms with Crippen LogP contribution < -0.4 is 10.6 Å². The molecule has 0 heterocycles. The topological polar surface area (TPSA) is 33.3 Å². The van der Waals surface area contributed by atoms with Crippen LogP contribution in [-0.4, -0.2) is 38.3 Å². The second-order valence-electron chi connectivity index (χ2n) is 2.02. The Morgan fingerprint density at radius 1 is 1.50 bits per heavy atom. The van der Waals surface area contributed by atoms with Crippen molar-refractivity contribution in [3.8, 4) is 0 Å². The normalized spacial score (nSPS) is 10.0. The van der Waals surface area contributed by atoms with Crippen LogP contribution >= 0.6 is 12.2 Å². The van der Waals surface area contributed by atoms with Crippen LogP contribution in [0.5, 0.6) is 0 Å². The van der Waals surface area contributed by atoms with Crippen molar-refractivity contribution in [3.63, 3.8) is 0 Å². The summed E-state index contributed by atoms with van der Waals surface area (Å²) in [5.74, 6) is 0. The van der Waals surface area contributed by atoms with Crippen molar-refractivity contribution < 1.29 is 13.5 Å². The summed E-state index contributed by atoms with van der Waals surface area (Å²) < 4.78 is 27.9. The summed E-state index contributed by atoms with van der Waals surface area (Å²) >= 11 is 4.67. The monoisotopic (exact) mass is 198 g/mol. The fraction of sp³-hybridized carbons (Fsp3) is 0.833. The quantitative estimate of drug-likeness (QED) is 0.494. The van der Waals surface area contributed by atoms with Gasteiger partial charge in [-0.1, -0.05) is 0 Å². The maximum absolute atomic E-state index is 11.6. The van der Waals surface area contributed by atoms with Crippen molar-refractivity contribution in [2.24, 2.45) is 0 Å². The van der Waals surface area contributed by atoms with Gasteiger partial charge in [0, 0.05) is 13.7 Å². The molecule has 0 saturated carbocycles. The van der Waals surface area contributed by atoms with E-state index in [1.165, 1.54) is 0 Å². The van der Waals surface area contributed by atoms with Crippen molar-refractivity contribution in [3.05, 3.63) is 0 Å². The largest absolute Gasteiger partial charge is 0.383 e. The minimum absolute atomic E-state index is 0.229. The van der Waals surface area contributed by atoms with Gasteiger partial charge >= 0.3 is 0 Å². The van der Waals surface area contributed by atoms with Crippen LogP contribution in [0.3, 0.4) is 0 Å². The van der Waals surface area contributed by atoms with Gasteiger partial charge in [0.1, 0.15) is 0 Å². The lowest BCUT2D eigenvalue weighted by Crippen LogP contribution is -2.39. The molecule has 3 nitrogen and oxygen atoms in total. The summed E-state index contributed by atoms with van der Waals surface area (Å²) in [5.41, 5.74) is 0. The first-order valence-corrected chi connectivity index (χ1v) is 3.86. The van der Waals surface area contributed by atoms with Crippen LogP contribution in [0.2, 0.25) is 0 Å². The number of ether oxygens (including phenoxy) is 1. The number of hydrogen-bond acceptors (Lipinski definition) is 2. The van der Waals surface area contributed by atoms with E-state index >= 15 is 0 Å². The number of thiocarbonyl (C=S) groups is 1. The Balaban J connectivity index is 3.22. The van der Waals surface area contributed by atoms with Crippen molar-refractivity contribution >= 4 is 17.3 Å². The molecule has 0 aliphatic carbocycles. The first-order valence-electron chi connectivity index (χ1n) is 3.45. The zero-order valence-electron chi connectivity index (χ0n) is 6.77. The van der Waals surface area contributed by atoms with Gasteiger partial charge in [0.05, 0.1) is 13.2 Å². The molecule has 0 fully saturated rings. The Hall–Kier alpha value is -0.490. The fourth-order valence-electron chi connectivity index (χ4n) is 0.499. The lowest BCUT2D eigenvalue weighted by Gasteiger charge is -2.08. The van der Waals surface area contributed by atoms with Gasteiger partial charge in [-0.3, -0.25) is 0 Å². The number of methoxy groups -OCH3 is 1. The Labute approximate surface area is 75.5 Å². The van der Waals surface area contributed by atoms with E-state index in [1.807, 2.05) is 0 Å². The summed E-state index contributed by atoms with van der Waals surface area (Å²) in [7, 11) is 1.55. The lowest BCUT2D eigenvalue weighted by atomic mass is 10.6. The molecule has 12 heavy (non-hydrogen) atoms. The van der Waals surface area contributed by atoms with E-state index in [0.29, 0.717) is 13.2 Å². The Morgan fingerprint density at radius 3 is 2.67 bits per heavy atom. The minimum Gasteiger partial charge on any atom is -0.383 e. The average Bonchev–Trinajstić information content (AvgIpc) is 2.01. The van der Waals surface area contributed by atoms with Crippen LogP contribution in [0.1, 0.15) is 0 Å². The summed E-state index contributed by atoms with van der Waals surface area (Å²) in [4.78, 5) is 0. The SMILES string of the molecule is COCCNC(=S)NCC(F)F. The summed E-state index contributed by atoms with van der Waals surface area (Å²) in [6, 6.07) is 0. The first-order chi connectivity index (χ1) is 5.66. The molecule has 0 aliphatic rings. The van der Waals surface area contributed by atoms with E-state index in [9.17, 15) is 8.78 Å². The molecule has 0 radical (unpaired) electrons. The standard InChI is InChI=1S/C6H12F2N2OS/c1-11-3-2-9-6(12)10-4-5(7)8/h5H,2-4H2,1H3,(H2,9,10,12). The molecule has 0 bridgehead atoms. The van der Waals surface area contributed by atoms with Gasteiger partial charge in [-0.05, 0) is 12.2 Å². The van der Waals surface area contributed by atoms with E-state index < -0.39 is 13.0 Å². The molecule has 2 N–H and O–H groups in total. The highest BCUT2D eigenvalue weighted by molar-refractivity contribution is 7.80. The van der Waals surface area contributed by atoms with Crippen molar-refractivity contribution in [1.29, 1.82) is 0 Å². The molecule has 0 aromatic carbocycles. The third kappa shape index (κ3) is 7.62. The Bertz CT molecular complexity index is 135. The molecule has 0 amide bonds. The second kappa shape index (κ2) is 7.17. The number of alkyl halides is 2. The van der Waals surface area contributed by atoms with Crippen LogP contribution in [0.25, 0.3) is 0 Å². The smallest absolute Gasteiger partial charge is 0.255 e. The molecule has 0 aliphatic heterocycles. The molecule has 6 heteroatoms. The van der Waals surface area contributed by atoms with Gasteiger partial charge in [-0.2, -0.15) is 0 Å². The lowest BCUT2D eigenvalue weighted by molar-refractivity contribution is 0.152. The number of nitrogens with one attached hydrogen (secondary N) is 2. The fourth-order valence-corrected chi connectivity index (χ4v) is 0.684. The van der Waals surface area contributed by atoms with Gasteiger partial charge in [-0.15, -0.1) is 0 Å². The van der Waals surface area contributed by atoms with Gasteiger partial charge in [0.2, 0.25) is 0 Å². The Morgan fingerprint density at radius 2 is 2.17 bits per heavy atom. The van der Waals surface area contributed by atoms with E-state index in [-0.39, 0.29) is 5.11 Å². The highest BCUT2D eigenvalue weighted by Crippen LogP contribution is 1.86. The summed E-state index contributed by atoms with van der Waals surface area (Å²) in [6.45, 7) is 0.598. The molecule has 0 unspecified atom stereocenters. The maximum Gasteiger partial charge on any atom is 0.255 e. The number of halogens is 2. The predicted molar refractivity (Wildman–Crippen MR) is 46.5 cm³/mol. The summed E-state index contributed by atoms with van der Waals surface area (Å²) in [5, 5.41) is 5.29. The number of rotatable bonds is 5. The van der Waals surface area contributed by atoms with E-state index in [1.54, 1.807) is 7.11 Å². The van der Waals surface area contributed by atoms with E-state index in [4.69, 9.17) is 4.74 Å². The molecule has 0 aromatic rings. The van der Waals surface area contributed by atoms with Gasteiger partial charge < -0.3 is 15.4 Å². The van der Waals surface area contributed by atoms with Crippen molar-refractivity contribution in [2.45, 2.75) is 6.43 Å². The molecule has 0 saturated heterocycles. The van der Waals surface area contributed by atoms with E-state index in [0.717, 1.165) is 0 Å². The third-order valence-corrected chi connectivity index (χ3v) is 1.30. The number of hydrogen-bond donors (Lipinski definition) is 2. The molecule has 0 rings (SSSR count). The molecule has 0 aromatic heterocycles. The first kappa shape index (κ1) is 11.5. The summed E-state index contributed by atoms with van der Waals surface area (Å²) in [6.07, 6.45) is -2.38. The highest BCUT2D eigenvalue weighted by atomic mass is 32.1. The maximum atomic E-state index is 11.6. The van der Waals surface area contributed by atoms with Gasteiger partial charge in [0.15, 0.2) is 5.11 Å². The van der Waals surface area contributed by atoms with E-state index in [2.05, 4.69) is 22.9 Å². The third-order valence-electron chi connectivity index (χ3n) is 1.01. The molecular weight excluding hydrogens is 186 g/mol. The van der Waals surface area contributed by atoms with Crippen LogP contribution in [0, 0.1) is 0 Å². The van der Waals surface area contributed by atoms with Crippen molar-refractivity contribution in [1.82, 2.24) is 10.6 Å². The molecular formula is C6H12F2N2OS. The predicted octanol–water partition coefficient (Wildman–Crippen LogP) is 0.362. The van der Waals surface area contributed by atoms with Crippen LogP contribution in [0.4, 0.5) is 8.78 Å². The molecule has 72 valence electrons. The molecule has 0 spiro atoms. The molecule has 0 atom stereocenters. The van der Waals surface area contributed by atoms with Gasteiger partial charge in [0.25, 0.3) is 6.43 Å². The minimum atomic E-state index is -2.38. The average molecular weight is 198 g/mol. The zero-order valence-corrected chi connectivity index (χ0v) is 7.59. The zero-order chi connectivity index (χ0) is 9.40.